The fraction of sp³-hybridized carbons (Fsp3) is 0.0952. The molecule has 29 heavy (non-hydrogen) atoms. The van der Waals surface area contributed by atoms with Gasteiger partial charge in [-0.3, -0.25) is 14.6 Å². The first-order valence-corrected chi connectivity index (χ1v) is 8.68. The predicted octanol–water partition coefficient (Wildman–Crippen LogP) is 3.72. The summed E-state index contributed by atoms with van der Waals surface area (Å²) in [5.41, 5.74) is 0.644. The average molecular weight is 399 g/mol. The number of carbonyl (C=O) groups is 2. The number of pyridine rings is 1. The van der Waals surface area contributed by atoms with Crippen molar-refractivity contribution in [2.24, 2.45) is 0 Å². The Kier molecular flexibility index (Phi) is 6.23. The van der Waals surface area contributed by atoms with E-state index in [0.717, 1.165) is 12.1 Å². The minimum absolute atomic E-state index is 0.0513. The van der Waals surface area contributed by atoms with E-state index in [1.54, 1.807) is 18.2 Å². The Morgan fingerprint density at radius 2 is 1.66 bits per heavy atom. The van der Waals surface area contributed by atoms with Crippen molar-refractivity contribution < 1.29 is 22.8 Å². The summed E-state index contributed by atoms with van der Waals surface area (Å²) in [6.45, 7) is 0.207. The van der Waals surface area contributed by atoms with Gasteiger partial charge in [0, 0.05) is 30.1 Å². The summed E-state index contributed by atoms with van der Waals surface area (Å²) in [5, 5.41) is 5.03. The molecule has 0 bridgehead atoms. The van der Waals surface area contributed by atoms with Crippen molar-refractivity contribution in [2.45, 2.75) is 6.42 Å². The smallest absolute Gasteiger partial charge is 0.274 e. The van der Waals surface area contributed by atoms with Crippen LogP contribution in [0.4, 0.5) is 18.9 Å². The van der Waals surface area contributed by atoms with E-state index in [-0.39, 0.29) is 29.3 Å². The summed E-state index contributed by atoms with van der Waals surface area (Å²) in [6.07, 6.45) is 1.60. The lowest BCUT2D eigenvalue weighted by Gasteiger charge is -2.08. The monoisotopic (exact) mass is 399 g/mol. The third kappa shape index (κ3) is 5.19. The standard InChI is InChI=1S/C21H16F3N3O2/c22-16-4-2-1-3-13(16)7-10-26-20(28)14-8-9-25-19(11-14)21(29)27-15-5-6-17(23)18(24)12-15/h1-6,8-9,11-12H,7,10H2,(H,26,28)(H,27,29). The second-order valence-corrected chi connectivity index (χ2v) is 6.11. The minimum atomic E-state index is -1.10. The van der Waals surface area contributed by atoms with Gasteiger partial charge in [0.1, 0.15) is 11.5 Å². The van der Waals surface area contributed by atoms with Gasteiger partial charge < -0.3 is 10.6 Å². The van der Waals surface area contributed by atoms with E-state index in [1.165, 1.54) is 30.5 Å². The van der Waals surface area contributed by atoms with Crippen LogP contribution in [0.5, 0.6) is 0 Å². The van der Waals surface area contributed by atoms with Crippen molar-refractivity contribution in [3.8, 4) is 0 Å². The first-order valence-electron chi connectivity index (χ1n) is 8.68. The van der Waals surface area contributed by atoms with Crippen molar-refractivity contribution in [2.75, 3.05) is 11.9 Å². The summed E-state index contributed by atoms with van der Waals surface area (Å²) in [6, 6.07) is 11.9. The van der Waals surface area contributed by atoms with Gasteiger partial charge in [-0.1, -0.05) is 18.2 Å². The maximum atomic E-state index is 13.6. The van der Waals surface area contributed by atoms with Crippen LogP contribution in [0.15, 0.2) is 60.8 Å². The van der Waals surface area contributed by atoms with Gasteiger partial charge in [-0.05, 0) is 42.3 Å². The topological polar surface area (TPSA) is 71.1 Å². The quantitative estimate of drug-likeness (QED) is 0.664. The van der Waals surface area contributed by atoms with E-state index in [2.05, 4.69) is 15.6 Å². The molecule has 148 valence electrons. The molecule has 5 nitrogen and oxygen atoms in total. The second kappa shape index (κ2) is 9.01. The van der Waals surface area contributed by atoms with Crippen LogP contribution in [0.25, 0.3) is 0 Å². The maximum absolute atomic E-state index is 13.6. The van der Waals surface area contributed by atoms with Gasteiger partial charge in [-0.2, -0.15) is 0 Å². The van der Waals surface area contributed by atoms with Gasteiger partial charge in [0.05, 0.1) is 0 Å². The van der Waals surface area contributed by atoms with Crippen LogP contribution in [0.1, 0.15) is 26.4 Å². The normalized spacial score (nSPS) is 10.4. The van der Waals surface area contributed by atoms with E-state index >= 15 is 0 Å². The molecular weight excluding hydrogens is 383 g/mol. The Hall–Kier alpha value is -3.68. The Labute approximate surface area is 164 Å². The zero-order chi connectivity index (χ0) is 20.8. The third-order valence-electron chi connectivity index (χ3n) is 4.07. The van der Waals surface area contributed by atoms with E-state index in [9.17, 15) is 22.8 Å². The van der Waals surface area contributed by atoms with Crippen molar-refractivity contribution in [1.29, 1.82) is 0 Å². The largest absolute Gasteiger partial charge is 0.352 e. The van der Waals surface area contributed by atoms with Crippen LogP contribution < -0.4 is 10.6 Å². The van der Waals surface area contributed by atoms with Crippen LogP contribution in [-0.2, 0) is 6.42 Å². The highest BCUT2D eigenvalue weighted by Gasteiger charge is 2.13. The number of aromatic nitrogens is 1. The Balaban J connectivity index is 1.62. The van der Waals surface area contributed by atoms with Gasteiger partial charge in [0.15, 0.2) is 11.6 Å². The number of anilines is 1. The molecule has 2 aromatic carbocycles. The first kappa shape index (κ1) is 20.1. The summed E-state index contributed by atoms with van der Waals surface area (Å²) < 4.78 is 39.8. The number of nitrogens with zero attached hydrogens (tertiary/aromatic N) is 1. The number of carbonyl (C=O) groups excluding carboxylic acids is 2. The molecule has 0 aliphatic rings. The summed E-state index contributed by atoms with van der Waals surface area (Å²) >= 11 is 0. The summed E-state index contributed by atoms with van der Waals surface area (Å²) in [4.78, 5) is 28.4. The van der Waals surface area contributed by atoms with Gasteiger partial charge in [-0.15, -0.1) is 0 Å². The number of rotatable bonds is 6. The second-order valence-electron chi connectivity index (χ2n) is 6.11. The Bertz CT molecular complexity index is 1060. The molecule has 0 aliphatic heterocycles. The maximum Gasteiger partial charge on any atom is 0.274 e. The lowest BCUT2D eigenvalue weighted by molar-refractivity contribution is 0.0954. The molecule has 1 aromatic heterocycles. The predicted molar refractivity (Wildman–Crippen MR) is 101 cm³/mol. The molecule has 0 aliphatic carbocycles. The number of hydrogen-bond acceptors (Lipinski definition) is 3. The molecule has 8 heteroatoms. The Morgan fingerprint density at radius 1 is 0.862 bits per heavy atom. The van der Waals surface area contributed by atoms with E-state index < -0.39 is 23.4 Å². The van der Waals surface area contributed by atoms with Gasteiger partial charge in [-0.25, -0.2) is 13.2 Å². The zero-order valence-electron chi connectivity index (χ0n) is 15.1. The van der Waals surface area contributed by atoms with E-state index in [0.29, 0.717) is 12.0 Å². The molecule has 0 saturated heterocycles. The van der Waals surface area contributed by atoms with Crippen molar-refractivity contribution >= 4 is 17.5 Å². The highest BCUT2D eigenvalue weighted by molar-refractivity contribution is 6.04. The van der Waals surface area contributed by atoms with Crippen LogP contribution in [0.3, 0.4) is 0 Å². The van der Waals surface area contributed by atoms with E-state index in [1.807, 2.05) is 0 Å². The molecule has 0 radical (unpaired) electrons. The molecule has 0 unspecified atom stereocenters. The van der Waals surface area contributed by atoms with Crippen LogP contribution in [0.2, 0.25) is 0 Å². The lowest BCUT2D eigenvalue weighted by atomic mass is 10.1. The van der Waals surface area contributed by atoms with Crippen LogP contribution in [-0.4, -0.2) is 23.3 Å². The first-order chi connectivity index (χ1) is 13.9. The molecule has 0 atom stereocenters. The Morgan fingerprint density at radius 3 is 2.41 bits per heavy atom. The van der Waals surface area contributed by atoms with Crippen molar-refractivity contribution in [1.82, 2.24) is 10.3 Å². The molecule has 0 spiro atoms. The fourth-order valence-electron chi connectivity index (χ4n) is 2.58. The molecule has 2 N–H and O–H groups in total. The third-order valence-corrected chi connectivity index (χ3v) is 4.07. The zero-order valence-corrected chi connectivity index (χ0v) is 15.1. The highest BCUT2D eigenvalue weighted by atomic mass is 19.2. The van der Waals surface area contributed by atoms with Gasteiger partial charge >= 0.3 is 0 Å². The van der Waals surface area contributed by atoms with Crippen molar-refractivity contribution in [3.63, 3.8) is 0 Å². The number of hydrogen-bond donors (Lipinski definition) is 2. The molecular formula is C21H16F3N3O2. The average Bonchev–Trinajstić information content (AvgIpc) is 2.72. The molecule has 0 fully saturated rings. The van der Waals surface area contributed by atoms with Gasteiger partial charge in [0.2, 0.25) is 0 Å². The molecule has 3 rings (SSSR count). The lowest BCUT2D eigenvalue weighted by Crippen LogP contribution is -2.26. The minimum Gasteiger partial charge on any atom is -0.352 e. The van der Waals surface area contributed by atoms with E-state index in [4.69, 9.17) is 0 Å². The van der Waals surface area contributed by atoms with Crippen LogP contribution >= 0.6 is 0 Å². The fourth-order valence-corrected chi connectivity index (χ4v) is 2.58. The summed E-state index contributed by atoms with van der Waals surface area (Å²) in [5.74, 6) is -3.61. The molecule has 1 heterocycles. The van der Waals surface area contributed by atoms with Crippen molar-refractivity contribution in [3.05, 3.63) is 95.1 Å². The van der Waals surface area contributed by atoms with Gasteiger partial charge in [0.25, 0.3) is 11.8 Å². The highest BCUT2D eigenvalue weighted by Crippen LogP contribution is 2.14. The number of nitrogens with one attached hydrogen (secondary N) is 2. The molecule has 3 aromatic rings. The molecule has 0 saturated carbocycles. The molecule has 2 amide bonds. The SMILES string of the molecule is O=C(NCCc1ccccc1F)c1ccnc(C(=O)Nc2ccc(F)c(F)c2)c1. The van der Waals surface area contributed by atoms with Crippen LogP contribution in [0, 0.1) is 17.5 Å². The number of halogens is 3. The number of benzene rings is 2. The summed E-state index contributed by atoms with van der Waals surface area (Å²) in [7, 11) is 0. The number of amides is 2.